The Bertz CT molecular complexity index is 336. The average molecular weight is 290 g/mol. The monoisotopic (exact) mass is 290 g/mol. The van der Waals surface area contributed by atoms with Crippen LogP contribution in [0.1, 0.15) is 51.9 Å². The summed E-state index contributed by atoms with van der Waals surface area (Å²) in [6.07, 6.45) is 5.25. The summed E-state index contributed by atoms with van der Waals surface area (Å²) < 4.78 is 17.3. The number of carboxylic acids is 1. The Morgan fingerprint density at radius 3 is 2.47 bits per heavy atom. The number of aliphatic carboxylic acids is 1. The van der Waals surface area contributed by atoms with E-state index in [1.165, 1.54) is 6.42 Å². The first-order valence-electron chi connectivity index (χ1n) is 6.84. The number of rotatable bonds is 7. The van der Waals surface area contributed by atoms with Crippen molar-refractivity contribution in [2.45, 2.75) is 63.2 Å². The molecule has 5 nitrogen and oxygen atoms in total. The number of esters is 1. The van der Waals surface area contributed by atoms with Crippen LogP contribution in [-0.4, -0.2) is 38.4 Å². The Kier molecular flexibility index (Phi) is 7.05. The van der Waals surface area contributed by atoms with E-state index < -0.39 is 28.0 Å². The second kappa shape index (κ2) is 8.30. The molecule has 1 aliphatic rings. The second-order valence-corrected chi connectivity index (χ2v) is 6.56. The van der Waals surface area contributed by atoms with Crippen molar-refractivity contribution in [3.8, 4) is 0 Å². The molecule has 1 rings (SSSR count). The minimum absolute atomic E-state index is 0.00755. The van der Waals surface area contributed by atoms with Crippen LogP contribution in [-0.2, 0) is 25.1 Å². The van der Waals surface area contributed by atoms with Gasteiger partial charge in [0.25, 0.3) is 0 Å². The highest BCUT2D eigenvalue weighted by molar-refractivity contribution is 7.86. The van der Waals surface area contributed by atoms with Crippen LogP contribution < -0.4 is 0 Å². The van der Waals surface area contributed by atoms with Crippen molar-refractivity contribution < 1.29 is 23.6 Å². The summed E-state index contributed by atoms with van der Waals surface area (Å²) in [6, 6.07) is 0. The quantitative estimate of drug-likeness (QED) is 0.724. The van der Waals surface area contributed by atoms with Gasteiger partial charge in [0.05, 0.1) is 6.42 Å². The highest BCUT2D eigenvalue weighted by atomic mass is 32.2. The Labute approximate surface area is 116 Å². The Morgan fingerprint density at radius 1 is 1.32 bits per heavy atom. The predicted octanol–water partition coefficient (Wildman–Crippen LogP) is 1.86. The molecule has 0 aromatic rings. The third-order valence-corrected chi connectivity index (χ3v) is 5.07. The molecule has 0 amide bonds. The number of carboxylic acid groups (broad SMARTS) is 1. The molecule has 1 aliphatic carbocycles. The van der Waals surface area contributed by atoms with Gasteiger partial charge in [-0.25, -0.2) is 0 Å². The van der Waals surface area contributed by atoms with Crippen molar-refractivity contribution in [1.82, 2.24) is 0 Å². The summed E-state index contributed by atoms with van der Waals surface area (Å²) in [5.74, 6) is -1.42. The van der Waals surface area contributed by atoms with Crippen LogP contribution in [0, 0.1) is 0 Å². The van der Waals surface area contributed by atoms with Gasteiger partial charge in [-0.3, -0.25) is 13.8 Å². The molecular formula is C13H22O5S. The van der Waals surface area contributed by atoms with Gasteiger partial charge in [0.15, 0.2) is 0 Å². The van der Waals surface area contributed by atoms with E-state index in [9.17, 15) is 13.8 Å². The zero-order chi connectivity index (χ0) is 14.3. The lowest BCUT2D eigenvalue weighted by atomic mass is 9.98. The third-order valence-electron chi connectivity index (χ3n) is 3.30. The van der Waals surface area contributed by atoms with Crippen LogP contribution >= 0.6 is 0 Å². The van der Waals surface area contributed by atoms with Crippen LogP contribution in [0.3, 0.4) is 0 Å². The van der Waals surface area contributed by atoms with Gasteiger partial charge in [-0.1, -0.05) is 13.3 Å². The minimum Gasteiger partial charge on any atom is -0.481 e. The molecule has 2 unspecified atom stereocenters. The fourth-order valence-electron chi connectivity index (χ4n) is 2.21. The lowest BCUT2D eigenvalue weighted by Gasteiger charge is -2.24. The molecule has 1 fully saturated rings. The van der Waals surface area contributed by atoms with Crippen molar-refractivity contribution in [1.29, 1.82) is 0 Å². The van der Waals surface area contributed by atoms with E-state index in [-0.39, 0.29) is 18.3 Å². The molecule has 0 spiro atoms. The fraction of sp³-hybridized carbons (Fsp3) is 0.846. The Hall–Kier alpha value is -0.910. The lowest BCUT2D eigenvalue weighted by Crippen LogP contribution is -2.33. The molecule has 0 saturated heterocycles. The van der Waals surface area contributed by atoms with Crippen molar-refractivity contribution in [2.75, 3.05) is 5.75 Å². The van der Waals surface area contributed by atoms with Crippen molar-refractivity contribution in [3.63, 3.8) is 0 Å². The van der Waals surface area contributed by atoms with E-state index in [1.54, 1.807) is 6.92 Å². The largest absolute Gasteiger partial charge is 0.481 e. The molecule has 19 heavy (non-hydrogen) atoms. The first-order chi connectivity index (χ1) is 9.04. The van der Waals surface area contributed by atoms with Crippen molar-refractivity contribution >= 4 is 22.7 Å². The van der Waals surface area contributed by atoms with Crippen LogP contribution in [0.5, 0.6) is 0 Å². The molecule has 1 saturated carbocycles. The zero-order valence-corrected chi connectivity index (χ0v) is 12.1. The van der Waals surface area contributed by atoms with E-state index >= 15 is 0 Å². The van der Waals surface area contributed by atoms with Gasteiger partial charge in [-0.2, -0.15) is 0 Å². The number of hydrogen-bond acceptors (Lipinski definition) is 4. The van der Waals surface area contributed by atoms with Crippen LogP contribution in [0.4, 0.5) is 0 Å². The van der Waals surface area contributed by atoms with Crippen LogP contribution in [0.25, 0.3) is 0 Å². The zero-order valence-electron chi connectivity index (χ0n) is 11.3. The molecule has 110 valence electrons. The van der Waals surface area contributed by atoms with Gasteiger partial charge >= 0.3 is 11.9 Å². The molecule has 0 aromatic carbocycles. The molecule has 0 radical (unpaired) electrons. The number of carbonyl (C=O) groups is 2. The molecular weight excluding hydrogens is 268 g/mol. The third kappa shape index (κ3) is 5.72. The molecule has 0 aromatic heterocycles. The van der Waals surface area contributed by atoms with Gasteiger partial charge in [0.1, 0.15) is 11.4 Å². The standard InChI is InChI=1S/C13H22O5S/c1-2-11(19(17)9-8-12(14)15)13(16)18-10-6-4-3-5-7-10/h10-11H,2-9H2,1H3,(H,14,15). The maximum atomic E-state index is 12.0. The normalized spacial score (nSPS) is 19.6. The Balaban J connectivity index is 2.45. The SMILES string of the molecule is CCC(C(=O)OC1CCCCC1)S(=O)CCC(=O)O. The maximum Gasteiger partial charge on any atom is 0.321 e. The minimum atomic E-state index is -1.47. The van der Waals surface area contributed by atoms with Crippen molar-refractivity contribution in [3.05, 3.63) is 0 Å². The summed E-state index contributed by atoms with van der Waals surface area (Å²) >= 11 is 0. The topological polar surface area (TPSA) is 80.7 Å². The van der Waals surface area contributed by atoms with Gasteiger partial charge in [0, 0.05) is 16.6 Å². The summed E-state index contributed by atoms with van der Waals surface area (Å²) in [5.41, 5.74) is 0. The smallest absolute Gasteiger partial charge is 0.321 e. The van der Waals surface area contributed by atoms with E-state index in [2.05, 4.69) is 0 Å². The first-order valence-corrected chi connectivity index (χ1v) is 8.22. The summed E-state index contributed by atoms with van der Waals surface area (Å²) in [4.78, 5) is 22.4. The predicted molar refractivity (Wildman–Crippen MR) is 72.3 cm³/mol. The van der Waals surface area contributed by atoms with Gasteiger partial charge in [0.2, 0.25) is 0 Å². The highest BCUT2D eigenvalue weighted by Gasteiger charge is 2.28. The summed E-state index contributed by atoms with van der Waals surface area (Å²) in [5, 5.41) is 7.87. The van der Waals surface area contributed by atoms with E-state index in [0.29, 0.717) is 6.42 Å². The van der Waals surface area contributed by atoms with Gasteiger partial charge < -0.3 is 9.84 Å². The lowest BCUT2D eigenvalue weighted by molar-refractivity contribution is -0.150. The highest BCUT2D eigenvalue weighted by Crippen LogP contribution is 2.21. The van der Waals surface area contributed by atoms with E-state index in [4.69, 9.17) is 9.84 Å². The van der Waals surface area contributed by atoms with Crippen LogP contribution in [0.2, 0.25) is 0 Å². The Morgan fingerprint density at radius 2 is 1.95 bits per heavy atom. The number of ether oxygens (including phenoxy) is 1. The number of carbonyl (C=O) groups excluding carboxylic acids is 1. The fourth-order valence-corrected chi connectivity index (χ4v) is 3.52. The van der Waals surface area contributed by atoms with Gasteiger partial charge in [-0.15, -0.1) is 0 Å². The summed E-state index contributed by atoms with van der Waals surface area (Å²) in [6.45, 7) is 1.77. The molecule has 6 heteroatoms. The van der Waals surface area contributed by atoms with E-state index in [1.807, 2.05) is 0 Å². The van der Waals surface area contributed by atoms with Gasteiger partial charge in [-0.05, 0) is 32.1 Å². The van der Waals surface area contributed by atoms with E-state index in [0.717, 1.165) is 25.7 Å². The molecule has 0 bridgehead atoms. The molecule has 0 heterocycles. The summed E-state index contributed by atoms with van der Waals surface area (Å²) in [7, 11) is -1.47. The first kappa shape index (κ1) is 16.1. The van der Waals surface area contributed by atoms with Crippen molar-refractivity contribution in [2.24, 2.45) is 0 Å². The average Bonchev–Trinajstić information content (AvgIpc) is 2.38. The second-order valence-electron chi connectivity index (χ2n) is 4.82. The number of hydrogen-bond donors (Lipinski definition) is 1. The molecule has 0 aliphatic heterocycles. The molecule has 1 N–H and O–H groups in total. The van der Waals surface area contributed by atoms with Crippen LogP contribution in [0.15, 0.2) is 0 Å². The molecule has 2 atom stereocenters. The maximum absolute atomic E-state index is 12.0.